The van der Waals surface area contributed by atoms with E-state index in [-0.39, 0.29) is 19.0 Å². The summed E-state index contributed by atoms with van der Waals surface area (Å²) in [6.45, 7) is 0.188. The largest absolute Gasteiger partial charge is 0.469 e. The summed E-state index contributed by atoms with van der Waals surface area (Å²) in [7, 11) is 1.33. The van der Waals surface area contributed by atoms with Gasteiger partial charge in [0, 0.05) is 10.6 Å². The fourth-order valence-electron chi connectivity index (χ4n) is 0.958. The number of oxime groups is 1. The standard InChI is InChI=1S/C11H12ClNO3/c1-15-11(14)6-7-16-13-8-9-4-2-3-5-10(9)12/h2-5,8H,6-7H2,1H3/b13-8+. The van der Waals surface area contributed by atoms with Crippen molar-refractivity contribution in [2.45, 2.75) is 6.42 Å². The predicted molar refractivity (Wildman–Crippen MR) is 61.6 cm³/mol. The summed E-state index contributed by atoms with van der Waals surface area (Å²) in [4.78, 5) is 15.6. The fraction of sp³-hybridized carbons (Fsp3) is 0.273. The molecule has 0 unspecified atom stereocenters. The number of esters is 1. The van der Waals surface area contributed by atoms with Crippen molar-refractivity contribution < 1.29 is 14.4 Å². The molecular weight excluding hydrogens is 230 g/mol. The van der Waals surface area contributed by atoms with Crippen LogP contribution in [0.15, 0.2) is 29.4 Å². The highest BCUT2D eigenvalue weighted by molar-refractivity contribution is 6.33. The van der Waals surface area contributed by atoms with Crippen LogP contribution in [0.5, 0.6) is 0 Å². The molecule has 0 spiro atoms. The van der Waals surface area contributed by atoms with Gasteiger partial charge in [0.25, 0.3) is 0 Å². The van der Waals surface area contributed by atoms with Crippen LogP contribution < -0.4 is 0 Å². The number of carbonyl (C=O) groups excluding carboxylic acids is 1. The number of rotatable bonds is 5. The number of methoxy groups -OCH3 is 1. The molecule has 0 aliphatic heterocycles. The second-order valence-corrected chi connectivity index (χ2v) is 3.32. The molecule has 5 heteroatoms. The Balaban J connectivity index is 2.33. The van der Waals surface area contributed by atoms with E-state index in [2.05, 4.69) is 9.89 Å². The van der Waals surface area contributed by atoms with Gasteiger partial charge < -0.3 is 9.57 Å². The van der Waals surface area contributed by atoms with Crippen LogP contribution >= 0.6 is 11.6 Å². The van der Waals surface area contributed by atoms with Gasteiger partial charge in [-0.3, -0.25) is 4.79 Å². The Hall–Kier alpha value is -1.55. The van der Waals surface area contributed by atoms with E-state index in [1.165, 1.54) is 13.3 Å². The average molecular weight is 242 g/mol. The van der Waals surface area contributed by atoms with E-state index in [9.17, 15) is 4.79 Å². The summed E-state index contributed by atoms with van der Waals surface area (Å²) in [5.74, 6) is -0.326. The zero-order chi connectivity index (χ0) is 11.8. The third kappa shape index (κ3) is 4.31. The van der Waals surface area contributed by atoms with Crippen molar-refractivity contribution in [3.05, 3.63) is 34.9 Å². The molecule has 1 aromatic rings. The third-order valence-corrected chi connectivity index (χ3v) is 2.14. The lowest BCUT2D eigenvalue weighted by Crippen LogP contribution is -2.03. The minimum Gasteiger partial charge on any atom is -0.469 e. The van der Waals surface area contributed by atoms with Crippen molar-refractivity contribution >= 4 is 23.8 Å². The average Bonchev–Trinajstić information content (AvgIpc) is 2.30. The second kappa shape index (κ2) is 6.85. The lowest BCUT2D eigenvalue weighted by atomic mass is 10.2. The Morgan fingerprint density at radius 1 is 1.50 bits per heavy atom. The van der Waals surface area contributed by atoms with Gasteiger partial charge in [-0.05, 0) is 6.07 Å². The smallest absolute Gasteiger partial charge is 0.309 e. The van der Waals surface area contributed by atoms with Crippen LogP contribution in [0.2, 0.25) is 5.02 Å². The third-order valence-electron chi connectivity index (χ3n) is 1.80. The number of benzene rings is 1. The van der Waals surface area contributed by atoms with Gasteiger partial charge in [-0.25, -0.2) is 0 Å². The van der Waals surface area contributed by atoms with Gasteiger partial charge in [-0.1, -0.05) is 35.0 Å². The van der Waals surface area contributed by atoms with E-state index in [0.29, 0.717) is 5.02 Å². The molecule has 0 amide bonds. The molecule has 0 saturated heterocycles. The minimum atomic E-state index is -0.326. The maximum atomic E-state index is 10.7. The zero-order valence-electron chi connectivity index (χ0n) is 8.85. The Bertz CT molecular complexity index is 379. The number of hydrogen-bond donors (Lipinski definition) is 0. The van der Waals surface area contributed by atoms with Gasteiger partial charge in [-0.15, -0.1) is 0 Å². The van der Waals surface area contributed by atoms with E-state index in [1.54, 1.807) is 6.07 Å². The van der Waals surface area contributed by atoms with Crippen molar-refractivity contribution in [3.63, 3.8) is 0 Å². The van der Waals surface area contributed by atoms with Gasteiger partial charge >= 0.3 is 5.97 Å². The molecule has 1 aromatic carbocycles. The molecule has 16 heavy (non-hydrogen) atoms. The number of nitrogens with zero attached hydrogens (tertiary/aromatic N) is 1. The lowest BCUT2D eigenvalue weighted by molar-refractivity contribution is -0.141. The molecule has 0 aromatic heterocycles. The highest BCUT2D eigenvalue weighted by Crippen LogP contribution is 2.12. The van der Waals surface area contributed by atoms with Gasteiger partial charge in [-0.2, -0.15) is 0 Å². The highest BCUT2D eigenvalue weighted by Gasteiger charge is 1.98. The molecule has 0 saturated carbocycles. The van der Waals surface area contributed by atoms with Crippen molar-refractivity contribution in [2.75, 3.05) is 13.7 Å². The topological polar surface area (TPSA) is 47.9 Å². The SMILES string of the molecule is COC(=O)CCO/N=C/c1ccccc1Cl. The molecule has 0 atom stereocenters. The molecule has 0 bridgehead atoms. The first-order chi connectivity index (χ1) is 7.74. The molecule has 0 aliphatic carbocycles. The monoisotopic (exact) mass is 241 g/mol. The van der Waals surface area contributed by atoms with Gasteiger partial charge in [0.05, 0.1) is 19.7 Å². The zero-order valence-corrected chi connectivity index (χ0v) is 9.61. The van der Waals surface area contributed by atoms with E-state index >= 15 is 0 Å². The van der Waals surface area contributed by atoms with Gasteiger partial charge in [0.15, 0.2) is 0 Å². The van der Waals surface area contributed by atoms with E-state index in [0.717, 1.165) is 5.56 Å². The Kier molecular flexibility index (Phi) is 5.36. The summed E-state index contributed by atoms with van der Waals surface area (Å²) < 4.78 is 4.44. The first-order valence-electron chi connectivity index (χ1n) is 4.70. The van der Waals surface area contributed by atoms with Gasteiger partial charge in [0.2, 0.25) is 0 Å². The number of carbonyl (C=O) groups is 1. The minimum absolute atomic E-state index is 0.177. The molecule has 0 radical (unpaired) electrons. The molecule has 1 rings (SSSR count). The van der Waals surface area contributed by atoms with Crippen LogP contribution in [0.3, 0.4) is 0 Å². The molecule has 0 heterocycles. The van der Waals surface area contributed by atoms with Crippen LogP contribution in [-0.2, 0) is 14.4 Å². The Morgan fingerprint density at radius 3 is 2.94 bits per heavy atom. The highest BCUT2D eigenvalue weighted by atomic mass is 35.5. The maximum absolute atomic E-state index is 10.7. The van der Waals surface area contributed by atoms with Crippen LogP contribution in [-0.4, -0.2) is 25.9 Å². The van der Waals surface area contributed by atoms with Crippen molar-refractivity contribution in [1.29, 1.82) is 0 Å². The molecule has 0 fully saturated rings. The first kappa shape index (κ1) is 12.5. The van der Waals surface area contributed by atoms with Crippen molar-refractivity contribution in [1.82, 2.24) is 0 Å². The van der Waals surface area contributed by atoms with E-state index in [4.69, 9.17) is 16.4 Å². The Morgan fingerprint density at radius 2 is 2.25 bits per heavy atom. The van der Waals surface area contributed by atoms with Crippen molar-refractivity contribution in [3.8, 4) is 0 Å². The van der Waals surface area contributed by atoms with Gasteiger partial charge in [0.1, 0.15) is 6.61 Å². The second-order valence-electron chi connectivity index (χ2n) is 2.92. The summed E-state index contributed by atoms with van der Waals surface area (Å²) in [6, 6.07) is 7.26. The Labute approximate surface area is 98.8 Å². The molecule has 4 nitrogen and oxygen atoms in total. The molecule has 0 N–H and O–H groups in total. The quantitative estimate of drug-likeness (QED) is 0.344. The normalized spacial score (nSPS) is 10.4. The fourth-order valence-corrected chi connectivity index (χ4v) is 1.14. The molecule has 86 valence electrons. The predicted octanol–water partition coefficient (Wildman–Crippen LogP) is 2.25. The maximum Gasteiger partial charge on any atom is 0.309 e. The van der Waals surface area contributed by atoms with E-state index < -0.39 is 0 Å². The van der Waals surface area contributed by atoms with Crippen LogP contribution in [0, 0.1) is 0 Å². The van der Waals surface area contributed by atoms with E-state index in [1.807, 2.05) is 18.2 Å². The van der Waals surface area contributed by atoms with Crippen LogP contribution in [0.4, 0.5) is 0 Å². The van der Waals surface area contributed by atoms with Crippen LogP contribution in [0.1, 0.15) is 12.0 Å². The number of halogens is 1. The first-order valence-corrected chi connectivity index (χ1v) is 5.08. The summed E-state index contributed by atoms with van der Waals surface area (Å²) in [6.07, 6.45) is 1.68. The van der Waals surface area contributed by atoms with Crippen LogP contribution in [0.25, 0.3) is 0 Å². The van der Waals surface area contributed by atoms with Crippen molar-refractivity contribution in [2.24, 2.45) is 5.16 Å². The number of hydrogen-bond acceptors (Lipinski definition) is 4. The summed E-state index contributed by atoms with van der Waals surface area (Å²) in [5, 5.41) is 4.29. The summed E-state index contributed by atoms with van der Waals surface area (Å²) >= 11 is 5.89. The lowest BCUT2D eigenvalue weighted by Gasteiger charge is -1.98. The molecule has 0 aliphatic rings. The number of ether oxygens (including phenoxy) is 1. The summed E-state index contributed by atoms with van der Waals surface area (Å²) in [5.41, 5.74) is 0.766. The molecular formula is C11H12ClNO3.